The summed E-state index contributed by atoms with van der Waals surface area (Å²) in [6.07, 6.45) is 2.68. The van der Waals surface area contributed by atoms with Gasteiger partial charge in [-0.2, -0.15) is 0 Å². The van der Waals surface area contributed by atoms with Crippen molar-refractivity contribution in [1.29, 1.82) is 0 Å². The van der Waals surface area contributed by atoms with Crippen LogP contribution in [0.4, 0.5) is 0 Å². The fourth-order valence-corrected chi connectivity index (χ4v) is 0.931. The summed E-state index contributed by atoms with van der Waals surface area (Å²) < 4.78 is 0. The maximum Gasteiger partial charge on any atom is 0.138 e. The molecule has 1 aromatic heterocycles. The fraction of sp³-hybridized carbons (Fsp3) is 0.444. The second-order valence-corrected chi connectivity index (χ2v) is 2.66. The second-order valence-electron chi connectivity index (χ2n) is 2.66. The van der Waals surface area contributed by atoms with Crippen molar-refractivity contribution >= 4 is 5.78 Å². The molecule has 0 radical (unpaired) electrons. The van der Waals surface area contributed by atoms with Gasteiger partial charge in [0, 0.05) is 19.0 Å². The predicted octanol–water partition coefficient (Wildman–Crippen LogP) is 1.31. The Hall–Kier alpha value is -1.25. The van der Waals surface area contributed by atoms with Gasteiger partial charge in [0.05, 0.1) is 5.69 Å². The Kier molecular flexibility index (Phi) is 2.91. The molecule has 0 saturated carbocycles. The van der Waals surface area contributed by atoms with E-state index in [1.165, 1.54) is 0 Å². The van der Waals surface area contributed by atoms with Crippen LogP contribution < -0.4 is 0 Å². The zero-order chi connectivity index (χ0) is 8.97. The number of carbonyl (C=O) groups excluding carboxylic acids is 1. The molecule has 0 fully saturated rings. The highest BCUT2D eigenvalue weighted by Gasteiger charge is 2.01. The quantitative estimate of drug-likeness (QED) is 0.676. The van der Waals surface area contributed by atoms with E-state index in [2.05, 4.69) is 9.97 Å². The molecule has 0 saturated heterocycles. The number of rotatable bonds is 3. The number of hydrogen-bond acceptors (Lipinski definition) is 3. The van der Waals surface area contributed by atoms with Crippen molar-refractivity contribution in [3.05, 3.63) is 23.8 Å². The predicted molar refractivity (Wildman–Crippen MR) is 45.8 cm³/mol. The third-order valence-corrected chi connectivity index (χ3v) is 1.61. The molecule has 0 bridgehead atoms. The summed E-state index contributed by atoms with van der Waals surface area (Å²) in [6, 6.07) is 1.78. The Balaban J connectivity index is 2.69. The summed E-state index contributed by atoms with van der Waals surface area (Å²) in [6.45, 7) is 3.68. The topological polar surface area (TPSA) is 42.9 Å². The molecule has 0 atom stereocenters. The van der Waals surface area contributed by atoms with E-state index in [0.717, 1.165) is 11.5 Å². The molecule has 0 amide bonds. The number of carbonyl (C=O) groups is 1. The molecular formula is C9H12N2O. The number of Topliss-reactive ketones (excluding diaryl/α,β-unsaturated/α-hetero) is 1. The summed E-state index contributed by atoms with van der Waals surface area (Å²) in [5, 5.41) is 0. The first kappa shape index (κ1) is 8.84. The second kappa shape index (κ2) is 3.95. The number of aryl methyl sites for hydroxylation is 1. The molecule has 12 heavy (non-hydrogen) atoms. The van der Waals surface area contributed by atoms with Crippen molar-refractivity contribution in [3.63, 3.8) is 0 Å². The molecule has 0 aliphatic carbocycles. The molecule has 0 unspecified atom stereocenters. The molecule has 0 aliphatic heterocycles. The van der Waals surface area contributed by atoms with Crippen molar-refractivity contribution < 1.29 is 4.79 Å². The van der Waals surface area contributed by atoms with Gasteiger partial charge >= 0.3 is 0 Å². The fourth-order valence-electron chi connectivity index (χ4n) is 0.931. The van der Waals surface area contributed by atoms with Crippen molar-refractivity contribution in [2.75, 3.05) is 0 Å². The minimum atomic E-state index is 0.216. The van der Waals surface area contributed by atoms with E-state index in [0.29, 0.717) is 12.8 Å². The van der Waals surface area contributed by atoms with E-state index in [1.807, 2.05) is 13.8 Å². The molecule has 0 aliphatic rings. The molecule has 3 nitrogen and oxygen atoms in total. The zero-order valence-corrected chi connectivity index (χ0v) is 7.37. The molecule has 1 rings (SSSR count). The van der Waals surface area contributed by atoms with Crippen LogP contribution in [-0.4, -0.2) is 15.8 Å². The standard InChI is InChI=1S/C9H12N2O/c1-3-9(12)6-8-4-5-10-7(2)11-8/h4-5H,3,6H2,1-2H3. The highest BCUT2D eigenvalue weighted by atomic mass is 16.1. The van der Waals surface area contributed by atoms with Crippen LogP contribution in [0, 0.1) is 6.92 Å². The highest BCUT2D eigenvalue weighted by Crippen LogP contribution is 1.98. The lowest BCUT2D eigenvalue weighted by Crippen LogP contribution is -2.03. The summed E-state index contributed by atoms with van der Waals surface area (Å²) in [4.78, 5) is 19.1. The Labute approximate surface area is 71.9 Å². The Bertz CT molecular complexity index is 284. The summed E-state index contributed by atoms with van der Waals surface area (Å²) in [5.74, 6) is 0.935. The third kappa shape index (κ3) is 2.42. The molecule has 1 aromatic rings. The van der Waals surface area contributed by atoms with E-state index in [-0.39, 0.29) is 5.78 Å². The molecule has 0 aromatic carbocycles. The van der Waals surface area contributed by atoms with Crippen molar-refractivity contribution in [1.82, 2.24) is 9.97 Å². The minimum Gasteiger partial charge on any atom is -0.299 e. The first-order chi connectivity index (χ1) is 5.72. The van der Waals surface area contributed by atoms with Gasteiger partial charge in [-0.25, -0.2) is 9.97 Å². The Morgan fingerprint density at radius 2 is 2.33 bits per heavy atom. The van der Waals surface area contributed by atoms with Crippen LogP contribution in [-0.2, 0) is 11.2 Å². The van der Waals surface area contributed by atoms with Gasteiger partial charge in [-0.15, -0.1) is 0 Å². The normalized spacial score (nSPS) is 9.83. The lowest BCUT2D eigenvalue weighted by Gasteiger charge is -1.97. The average molecular weight is 164 g/mol. The molecule has 3 heteroatoms. The van der Waals surface area contributed by atoms with E-state index in [1.54, 1.807) is 12.3 Å². The summed E-state index contributed by atoms with van der Waals surface area (Å²) in [5.41, 5.74) is 0.814. The van der Waals surface area contributed by atoms with Gasteiger partial charge in [-0.1, -0.05) is 6.92 Å². The van der Waals surface area contributed by atoms with E-state index >= 15 is 0 Å². The van der Waals surface area contributed by atoms with Crippen LogP contribution >= 0.6 is 0 Å². The largest absolute Gasteiger partial charge is 0.299 e. The number of aromatic nitrogens is 2. The molecule has 64 valence electrons. The maximum atomic E-state index is 11.0. The SMILES string of the molecule is CCC(=O)Cc1ccnc(C)n1. The van der Waals surface area contributed by atoms with Gasteiger partial charge in [0.25, 0.3) is 0 Å². The smallest absolute Gasteiger partial charge is 0.138 e. The monoisotopic (exact) mass is 164 g/mol. The first-order valence-corrected chi connectivity index (χ1v) is 4.02. The zero-order valence-electron chi connectivity index (χ0n) is 7.37. The van der Waals surface area contributed by atoms with Gasteiger partial charge in [-0.05, 0) is 13.0 Å². The van der Waals surface area contributed by atoms with Crippen LogP contribution in [0.3, 0.4) is 0 Å². The summed E-state index contributed by atoms with van der Waals surface area (Å²) >= 11 is 0. The van der Waals surface area contributed by atoms with Gasteiger partial charge in [0.1, 0.15) is 11.6 Å². The van der Waals surface area contributed by atoms with Crippen LogP contribution in [0.15, 0.2) is 12.3 Å². The molecular weight excluding hydrogens is 152 g/mol. The van der Waals surface area contributed by atoms with Gasteiger partial charge in [0.15, 0.2) is 0 Å². The van der Waals surface area contributed by atoms with Gasteiger partial charge in [-0.3, -0.25) is 4.79 Å². The van der Waals surface area contributed by atoms with Gasteiger partial charge in [0.2, 0.25) is 0 Å². The van der Waals surface area contributed by atoms with Crippen molar-refractivity contribution in [2.24, 2.45) is 0 Å². The lowest BCUT2D eigenvalue weighted by molar-refractivity contribution is -0.118. The van der Waals surface area contributed by atoms with Crippen molar-refractivity contribution in [2.45, 2.75) is 26.7 Å². The number of ketones is 1. The highest BCUT2D eigenvalue weighted by molar-refractivity contribution is 5.80. The Morgan fingerprint density at radius 3 is 2.92 bits per heavy atom. The van der Waals surface area contributed by atoms with E-state index < -0.39 is 0 Å². The molecule has 0 N–H and O–H groups in total. The van der Waals surface area contributed by atoms with Gasteiger partial charge < -0.3 is 0 Å². The molecule has 0 spiro atoms. The Morgan fingerprint density at radius 1 is 1.58 bits per heavy atom. The summed E-state index contributed by atoms with van der Waals surface area (Å²) in [7, 11) is 0. The van der Waals surface area contributed by atoms with Crippen molar-refractivity contribution in [3.8, 4) is 0 Å². The molecule has 1 heterocycles. The third-order valence-electron chi connectivity index (χ3n) is 1.61. The van der Waals surface area contributed by atoms with E-state index in [4.69, 9.17) is 0 Å². The maximum absolute atomic E-state index is 11.0. The van der Waals surface area contributed by atoms with E-state index in [9.17, 15) is 4.79 Å². The number of hydrogen-bond donors (Lipinski definition) is 0. The van der Waals surface area contributed by atoms with Crippen LogP contribution in [0.2, 0.25) is 0 Å². The average Bonchev–Trinajstić information content (AvgIpc) is 2.04. The lowest BCUT2D eigenvalue weighted by atomic mass is 10.2. The first-order valence-electron chi connectivity index (χ1n) is 4.02. The van der Waals surface area contributed by atoms with Crippen LogP contribution in [0.1, 0.15) is 24.9 Å². The minimum absolute atomic E-state index is 0.216. The van der Waals surface area contributed by atoms with Crippen LogP contribution in [0.25, 0.3) is 0 Å². The van der Waals surface area contributed by atoms with Crippen LogP contribution in [0.5, 0.6) is 0 Å². The number of nitrogens with zero attached hydrogens (tertiary/aromatic N) is 2.